The molecule has 10 N–H and O–H groups in total. The van der Waals surface area contributed by atoms with Crippen molar-refractivity contribution in [3.05, 3.63) is 185 Å². The minimum atomic E-state index is -4.99. The summed E-state index contributed by atoms with van der Waals surface area (Å²) in [4.78, 5) is 189. The van der Waals surface area contributed by atoms with Gasteiger partial charge < -0.3 is 84.8 Å². The van der Waals surface area contributed by atoms with Gasteiger partial charge in [0, 0.05) is 143 Å². The maximum Gasteiger partial charge on any atom is 0.417 e. The quantitative estimate of drug-likeness (QED) is 0.0103. The van der Waals surface area contributed by atoms with Crippen molar-refractivity contribution in [3.63, 3.8) is 0 Å². The number of hydrogen-bond acceptors (Lipinski definition) is 27. The molecule has 37 nitrogen and oxygen atoms in total. The number of imide groups is 4. The number of aliphatic carboxylic acids is 1. The van der Waals surface area contributed by atoms with Gasteiger partial charge in [0.05, 0.1) is 159 Å². The standard InChI is InChI=1S/C47H54F4N8O10.C25H29F4N5O2.C22H27N3O9/c1-27-25-58(26-28(2)56(27)3)38-23-34(48)31(21-36(38)54-43(63)32-24-53-40(61)22-33(32)47(49,50)51)29-9-13-57(14-10-29)41(62)11-15-67-17-19-69-20-18-68-16-12-52-35-6-4-5-30-42(35)46(66)59(45(30)65)37-7-8-39(60)55-44(37)64;1-14-12-34(13-15(2)33(14)3)22-10-20(26)17(16-4-6-30-7-5-16)8-21(22)32-24(36)18-11-31-23(35)9-19(18)25(27,28)29;26-17-5-4-16(20(29)24-17)25-21(30)14-2-1-3-15(19(14)22(25)31)23-7-9-33-11-13-34-12-10-32-8-6-18(27)28/h4-6,9,21-24,27-28,37,52H,7-8,10-20,25-26H2,1-3H3,(H,53,61)(H,54,63)(H,55,60,64);4,8-11,14-15,30H,5-7,12-13H2,1-3H3,(H,31,35)(H,32,36);1-3,16,23H,4-13H2,(H,27,28)(H,24,26,29)/t27-,28+,37?;14-,15+;. The number of aromatic nitrogens is 2. The molecular formula is C94H110F8N16O21. The summed E-state index contributed by atoms with van der Waals surface area (Å²) >= 11 is 0. The summed E-state index contributed by atoms with van der Waals surface area (Å²) in [5, 5.41) is 27.3. The zero-order valence-electron chi connectivity index (χ0n) is 77.2. The van der Waals surface area contributed by atoms with Crippen LogP contribution in [0.25, 0.3) is 11.1 Å². The first-order valence-corrected chi connectivity index (χ1v) is 45.3. The van der Waals surface area contributed by atoms with Crippen LogP contribution in [-0.2, 0) is 69.5 Å². The molecule has 2 unspecified atom stereocenters. The number of amides is 11. The van der Waals surface area contributed by atoms with E-state index in [-0.39, 0.29) is 174 Å². The number of pyridine rings is 2. The van der Waals surface area contributed by atoms with Gasteiger partial charge in [-0.25, -0.2) is 8.78 Å². The number of hydrogen-bond donors (Lipinski definition) is 10. The van der Waals surface area contributed by atoms with Gasteiger partial charge in [0.25, 0.3) is 35.4 Å². The topological polar surface area (TPSA) is 453 Å². The number of aromatic amines is 2. The fraction of sp³-hybridized carbons (Fsp3) is 0.468. The molecule has 45 heteroatoms. The first-order chi connectivity index (χ1) is 66.3. The lowest BCUT2D eigenvalue weighted by Gasteiger charge is -2.44. The first-order valence-electron chi connectivity index (χ1n) is 45.3. The SMILES string of the molecule is C[C@@H]1CN(c2cc(F)c(C3=CCN(C(=O)CCOCCOCCOCCNc4cccc5c4C(=O)N(C4CCC(=O)NC4=O)C5=O)CC3)cc2NC(=O)c2c[nH]c(=O)cc2C(F)(F)F)C[C@H](C)N1C.C[C@@H]1CN(c2cc(F)c(C3=CCNCC3)cc2NC(=O)c2c[nH]c(=O)cc2C(F)(F)F)C[C@H](C)N1C.O=C(O)CCOCCOCCOCCNc1cccc2c1C(=O)N(C1CCC(=O)NC1=O)C2=O. The molecule has 2 aromatic heterocycles. The van der Waals surface area contributed by atoms with E-state index in [2.05, 4.69) is 57.0 Å². The molecule has 139 heavy (non-hydrogen) atoms. The van der Waals surface area contributed by atoms with Crippen LogP contribution in [0.3, 0.4) is 0 Å². The van der Waals surface area contributed by atoms with Crippen LogP contribution in [0.5, 0.6) is 0 Å². The maximum atomic E-state index is 16.1. The lowest BCUT2D eigenvalue weighted by atomic mass is 9.96. The lowest BCUT2D eigenvalue weighted by Crippen LogP contribution is -2.55. The van der Waals surface area contributed by atoms with Gasteiger partial charge in [0.2, 0.25) is 40.7 Å². The highest BCUT2D eigenvalue weighted by Gasteiger charge is 2.49. The predicted molar refractivity (Wildman–Crippen MR) is 490 cm³/mol. The normalized spacial score (nSPS) is 19.7. The number of benzene rings is 4. The van der Waals surface area contributed by atoms with Crippen LogP contribution in [0.4, 0.5) is 69.2 Å². The summed E-state index contributed by atoms with van der Waals surface area (Å²) in [7, 11) is 3.96. The number of alkyl halides is 6. The summed E-state index contributed by atoms with van der Waals surface area (Å²) < 4.78 is 147. The van der Waals surface area contributed by atoms with E-state index in [0.717, 1.165) is 21.6 Å². The molecule has 0 spiro atoms. The molecule has 0 aliphatic carbocycles. The van der Waals surface area contributed by atoms with Crippen LogP contribution in [0.1, 0.15) is 163 Å². The number of piperidine rings is 2. The monoisotopic (exact) mass is 1950 g/mol. The molecule has 8 aliphatic heterocycles. The molecule has 0 bridgehead atoms. The van der Waals surface area contributed by atoms with Crippen molar-refractivity contribution < 1.29 is 126 Å². The van der Waals surface area contributed by atoms with Gasteiger partial charge in [-0.3, -0.25) is 97.4 Å². The second-order valence-electron chi connectivity index (χ2n) is 34.2. The van der Waals surface area contributed by atoms with Crippen LogP contribution < -0.4 is 58.1 Å². The van der Waals surface area contributed by atoms with Crippen LogP contribution in [-0.4, -0.2) is 306 Å². The average Bonchev–Trinajstić information content (AvgIpc) is 1.63. The van der Waals surface area contributed by atoms with Crippen molar-refractivity contribution in [2.24, 2.45) is 0 Å². The minimum Gasteiger partial charge on any atom is -0.481 e. The summed E-state index contributed by atoms with van der Waals surface area (Å²) in [6, 6.07) is 14.1. The predicted octanol–water partition coefficient (Wildman–Crippen LogP) is 7.60. The fourth-order valence-electron chi connectivity index (χ4n) is 17.1. The Morgan fingerprint density at radius 1 is 0.468 bits per heavy atom. The van der Waals surface area contributed by atoms with Gasteiger partial charge in [-0.15, -0.1) is 0 Å². The van der Waals surface area contributed by atoms with E-state index in [1.54, 1.807) is 35.2 Å². The molecule has 748 valence electrons. The van der Waals surface area contributed by atoms with Crippen molar-refractivity contribution >= 4 is 116 Å². The zero-order valence-corrected chi connectivity index (χ0v) is 77.2. The number of fused-ring (bicyclic) bond motifs is 2. The molecule has 8 aliphatic rings. The van der Waals surface area contributed by atoms with E-state index in [1.807, 2.05) is 57.7 Å². The number of piperazine rings is 2. The van der Waals surface area contributed by atoms with E-state index in [1.165, 1.54) is 36.4 Å². The Hall–Kier alpha value is -13.0. The van der Waals surface area contributed by atoms with Crippen LogP contribution >= 0.6 is 0 Å². The molecule has 11 amide bonds. The van der Waals surface area contributed by atoms with Crippen LogP contribution in [0.2, 0.25) is 0 Å². The molecule has 0 saturated carbocycles. The Bertz CT molecular complexity index is 5770. The summed E-state index contributed by atoms with van der Waals surface area (Å²) in [6.45, 7) is 15.5. The van der Waals surface area contributed by atoms with Crippen molar-refractivity contribution in [3.8, 4) is 0 Å². The number of carboxylic acid groups (broad SMARTS) is 1. The van der Waals surface area contributed by atoms with Gasteiger partial charge in [0.15, 0.2) is 0 Å². The van der Waals surface area contributed by atoms with Gasteiger partial charge in [-0.05, 0) is 134 Å². The molecule has 4 fully saturated rings. The third-order valence-electron chi connectivity index (χ3n) is 24.8. The second-order valence-corrected chi connectivity index (χ2v) is 34.2. The smallest absolute Gasteiger partial charge is 0.417 e. The molecule has 0 radical (unpaired) electrons. The number of anilines is 6. The number of ether oxygens (including phenoxy) is 6. The number of nitrogens with zero attached hydrogens (tertiary/aromatic N) is 7. The Balaban J connectivity index is 0.000000207. The summed E-state index contributed by atoms with van der Waals surface area (Å²) in [5.41, 5.74) is -1.92. The molecule has 4 saturated heterocycles. The molecule has 4 aromatic carbocycles. The first kappa shape index (κ1) is 105. The number of likely N-dealkylation sites (N-methyl/N-ethyl adjacent to an activating group) is 2. The van der Waals surface area contributed by atoms with Crippen molar-refractivity contribution in [1.29, 1.82) is 0 Å². The summed E-state index contributed by atoms with van der Waals surface area (Å²) in [5.74, 6) is -8.88. The zero-order chi connectivity index (χ0) is 100. The van der Waals surface area contributed by atoms with Gasteiger partial charge in [-0.2, -0.15) is 26.3 Å². The van der Waals surface area contributed by atoms with Crippen molar-refractivity contribution in [2.75, 3.05) is 190 Å². The van der Waals surface area contributed by atoms with E-state index in [9.17, 15) is 93.5 Å². The maximum absolute atomic E-state index is 16.1. The van der Waals surface area contributed by atoms with E-state index in [4.69, 9.17) is 33.5 Å². The Kier molecular flexibility index (Phi) is 35.9. The fourth-order valence-corrected chi connectivity index (χ4v) is 17.1. The Morgan fingerprint density at radius 2 is 0.863 bits per heavy atom. The number of carboxylic acids is 1. The number of halogens is 8. The Morgan fingerprint density at radius 3 is 1.24 bits per heavy atom. The number of H-pyrrole nitrogens is 2. The molecule has 10 heterocycles. The third-order valence-corrected chi connectivity index (χ3v) is 24.8. The highest BCUT2D eigenvalue weighted by molar-refractivity contribution is 6.27. The molecule has 6 atom stereocenters. The minimum absolute atomic E-state index is 0.0251. The molecule has 14 rings (SSSR count). The highest BCUT2D eigenvalue weighted by Crippen LogP contribution is 2.42. The van der Waals surface area contributed by atoms with Crippen LogP contribution in [0, 0.1) is 11.6 Å². The number of nitrogens with one attached hydrogen (secondary N) is 9. The molecular weight excluding hydrogens is 1840 g/mol. The van der Waals surface area contributed by atoms with E-state index >= 15 is 8.78 Å². The van der Waals surface area contributed by atoms with Crippen LogP contribution in [0.15, 0.2) is 107 Å². The van der Waals surface area contributed by atoms with Gasteiger partial charge in [0.1, 0.15) is 23.7 Å². The second kappa shape index (κ2) is 47.6. The summed E-state index contributed by atoms with van der Waals surface area (Å²) in [6.07, 6.45) is -3.74. The number of carbonyl (C=O) groups excluding carboxylic acids is 11. The largest absolute Gasteiger partial charge is 0.481 e. The molecule has 6 aromatic rings. The number of rotatable bonds is 36. The third kappa shape index (κ3) is 26.5. The average molecular weight is 1950 g/mol. The highest BCUT2D eigenvalue weighted by atomic mass is 19.4. The Labute approximate surface area is 792 Å². The number of carbonyl (C=O) groups is 12. The van der Waals surface area contributed by atoms with E-state index < -0.39 is 134 Å². The van der Waals surface area contributed by atoms with Gasteiger partial charge in [-0.1, -0.05) is 24.3 Å². The van der Waals surface area contributed by atoms with Crippen molar-refractivity contribution in [1.82, 2.24) is 50.4 Å². The lowest BCUT2D eigenvalue weighted by molar-refractivity contribution is -0.139. The van der Waals surface area contributed by atoms with Gasteiger partial charge >= 0.3 is 18.3 Å². The van der Waals surface area contributed by atoms with E-state index in [0.29, 0.717) is 144 Å². The van der Waals surface area contributed by atoms with Crippen molar-refractivity contribution in [2.45, 2.75) is 128 Å².